The average molecular weight is 491 g/mol. The van der Waals surface area contributed by atoms with Gasteiger partial charge in [0, 0.05) is 41.5 Å². The Hall–Kier alpha value is -3.91. The van der Waals surface area contributed by atoms with Crippen molar-refractivity contribution >= 4 is 23.2 Å². The lowest BCUT2D eigenvalue weighted by Gasteiger charge is -2.14. The number of nitrogens with one attached hydrogen (secondary N) is 1. The third kappa shape index (κ3) is 6.58. The van der Waals surface area contributed by atoms with Gasteiger partial charge in [-0.1, -0.05) is 30.3 Å². The van der Waals surface area contributed by atoms with Crippen LogP contribution < -0.4 is 10.1 Å². The zero-order valence-corrected chi connectivity index (χ0v) is 20.1. The lowest BCUT2D eigenvalue weighted by molar-refractivity contribution is -0.136. The second-order valence-corrected chi connectivity index (χ2v) is 8.80. The van der Waals surface area contributed by atoms with E-state index in [9.17, 15) is 9.59 Å². The van der Waals surface area contributed by atoms with Crippen LogP contribution >= 0.6 is 11.3 Å². The minimum absolute atomic E-state index is 0.0378. The van der Waals surface area contributed by atoms with E-state index in [1.165, 1.54) is 11.3 Å². The van der Waals surface area contributed by atoms with Gasteiger partial charge in [-0.2, -0.15) is 11.3 Å². The molecule has 2 aromatic heterocycles. The summed E-state index contributed by atoms with van der Waals surface area (Å²) < 4.78 is 11.9. The van der Waals surface area contributed by atoms with Crippen LogP contribution in [0.5, 0.6) is 5.75 Å². The molecule has 0 aliphatic rings. The Balaban J connectivity index is 1.43. The van der Waals surface area contributed by atoms with Crippen LogP contribution in [0.3, 0.4) is 0 Å². The zero-order valence-electron chi connectivity index (χ0n) is 19.3. The van der Waals surface area contributed by atoms with Gasteiger partial charge in [-0.3, -0.25) is 9.59 Å². The summed E-state index contributed by atoms with van der Waals surface area (Å²) in [6.45, 7) is 2.53. The molecule has 0 fully saturated rings. The highest BCUT2D eigenvalue weighted by atomic mass is 32.1. The quantitative estimate of drug-likeness (QED) is 0.297. The number of ether oxygens (including phenoxy) is 1. The lowest BCUT2D eigenvalue weighted by atomic mass is 10.1. The first-order chi connectivity index (χ1) is 17.0. The summed E-state index contributed by atoms with van der Waals surface area (Å²) in [5, 5.41) is 15.6. The number of hydrogen-bond acceptors (Lipinski definition) is 6. The highest BCUT2D eigenvalue weighted by Crippen LogP contribution is 2.24. The largest absolute Gasteiger partial charge is 0.493 e. The van der Waals surface area contributed by atoms with Crippen molar-refractivity contribution in [3.05, 3.63) is 93.5 Å². The van der Waals surface area contributed by atoms with Crippen LogP contribution in [0.1, 0.15) is 39.4 Å². The molecule has 2 N–H and O–H groups in total. The molecule has 4 aromatic rings. The minimum atomic E-state index is -0.851. The SMILES string of the molecule is Cc1oc(-c2ccccc2)nc1CCOc1ccc(CCC(=O)O)cc1CNC(=O)c1ccsc1. The van der Waals surface area contributed by atoms with Gasteiger partial charge in [0.25, 0.3) is 5.91 Å². The summed E-state index contributed by atoms with van der Waals surface area (Å²) in [6, 6.07) is 17.1. The van der Waals surface area contributed by atoms with Crippen molar-refractivity contribution in [2.75, 3.05) is 6.61 Å². The molecule has 35 heavy (non-hydrogen) atoms. The third-order valence-electron chi connectivity index (χ3n) is 5.49. The molecule has 0 aliphatic carbocycles. The molecule has 0 atom stereocenters. The molecule has 0 saturated heterocycles. The van der Waals surface area contributed by atoms with Gasteiger partial charge in [-0.05, 0) is 48.6 Å². The minimum Gasteiger partial charge on any atom is -0.493 e. The van der Waals surface area contributed by atoms with Gasteiger partial charge < -0.3 is 19.6 Å². The normalized spacial score (nSPS) is 10.8. The number of nitrogens with zero attached hydrogens (tertiary/aromatic N) is 1. The monoisotopic (exact) mass is 490 g/mol. The fourth-order valence-corrected chi connectivity index (χ4v) is 4.25. The number of carboxylic acid groups (broad SMARTS) is 1. The molecule has 0 saturated carbocycles. The van der Waals surface area contributed by atoms with E-state index in [1.54, 1.807) is 11.4 Å². The topological polar surface area (TPSA) is 102 Å². The van der Waals surface area contributed by atoms with E-state index in [0.717, 1.165) is 28.1 Å². The molecule has 0 aliphatic heterocycles. The van der Waals surface area contributed by atoms with Crippen molar-refractivity contribution in [1.29, 1.82) is 0 Å². The number of amides is 1. The average Bonchev–Trinajstić information content (AvgIpc) is 3.53. The molecule has 7 nitrogen and oxygen atoms in total. The standard InChI is InChI=1S/C27H26N2O5S/c1-18-23(29-27(34-18)20-5-3-2-4-6-20)11-13-33-24-9-7-19(8-10-25(30)31)15-22(24)16-28-26(32)21-12-14-35-17-21/h2-7,9,12,14-15,17H,8,10-11,13,16H2,1H3,(H,28,32)(H,30,31). The number of aryl methyl sites for hydroxylation is 2. The van der Waals surface area contributed by atoms with E-state index in [2.05, 4.69) is 10.3 Å². The van der Waals surface area contributed by atoms with Crippen LogP contribution in [-0.4, -0.2) is 28.6 Å². The van der Waals surface area contributed by atoms with E-state index < -0.39 is 5.97 Å². The van der Waals surface area contributed by atoms with Gasteiger partial charge in [-0.25, -0.2) is 4.98 Å². The van der Waals surface area contributed by atoms with Crippen LogP contribution in [0.4, 0.5) is 0 Å². The molecule has 4 rings (SSSR count). The van der Waals surface area contributed by atoms with E-state index in [-0.39, 0.29) is 18.9 Å². The van der Waals surface area contributed by atoms with Crippen molar-refractivity contribution < 1.29 is 23.8 Å². The van der Waals surface area contributed by atoms with E-state index in [1.807, 2.05) is 60.8 Å². The number of carboxylic acids is 1. The van der Waals surface area contributed by atoms with Crippen LogP contribution in [-0.2, 0) is 24.2 Å². The van der Waals surface area contributed by atoms with Crippen molar-refractivity contribution in [2.45, 2.75) is 32.7 Å². The fraction of sp³-hybridized carbons (Fsp3) is 0.222. The summed E-state index contributed by atoms with van der Waals surface area (Å²) in [5.74, 6) is 0.951. The van der Waals surface area contributed by atoms with Crippen molar-refractivity contribution in [1.82, 2.24) is 10.3 Å². The van der Waals surface area contributed by atoms with Gasteiger partial charge in [0.2, 0.25) is 5.89 Å². The zero-order chi connectivity index (χ0) is 24.6. The van der Waals surface area contributed by atoms with Gasteiger partial charge in [0.05, 0.1) is 12.3 Å². The Morgan fingerprint density at radius 1 is 1.11 bits per heavy atom. The molecule has 8 heteroatoms. The highest BCUT2D eigenvalue weighted by Gasteiger charge is 2.13. The predicted molar refractivity (Wildman–Crippen MR) is 134 cm³/mol. The predicted octanol–water partition coefficient (Wildman–Crippen LogP) is 5.28. The molecular formula is C27H26N2O5S. The highest BCUT2D eigenvalue weighted by molar-refractivity contribution is 7.08. The Bertz CT molecular complexity index is 1280. The number of aliphatic carboxylic acids is 1. The molecule has 0 radical (unpaired) electrons. The maximum absolute atomic E-state index is 12.4. The van der Waals surface area contributed by atoms with Gasteiger partial charge in [0.15, 0.2) is 0 Å². The number of thiophene rings is 1. The molecular weight excluding hydrogens is 464 g/mol. The number of carbonyl (C=O) groups is 2. The number of rotatable bonds is 11. The summed E-state index contributed by atoms with van der Waals surface area (Å²) in [4.78, 5) is 28.0. The fourth-order valence-electron chi connectivity index (χ4n) is 3.61. The third-order valence-corrected chi connectivity index (χ3v) is 6.17. The van der Waals surface area contributed by atoms with Crippen molar-refractivity contribution in [3.63, 3.8) is 0 Å². The van der Waals surface area contributed by atoms with Crippen LogP contribution in [0.2, 0.25) is 0 Å². The first-order valence-corrected chi connectivity index (χ1v) is 12.2. The lowest BCUT2D eigenvalue weighted by Crippen LogP contribution is -2.22. The van der Waals surface area contributed by atoms with Gasteiger partial charge in [-0.15, -0.1) is 0 Å². The molecule has 2 heterocycles. The summed E-state index contributed by atoms with van der Waals surface area (Å²) in [6.07, 6.45) is 1.00. The van der Waals surface area contributed by atoms with E-state index in [4.69, 9.17) is 14.3 Å². The Morgan fingerprint density at radius 2 is 1.94 bits per heavy atom. The molecule has 0 spiro atoms. The molecule has 0 unspecified atom stereocenters. The molecule has 1 amide bonds. The maximum Gasteiger partial charge on any atom is 0.303 e. The second-order valence-electron chi connectivity index (χ2n) is 8.02. The number of hydrogen-bond donors (Lipinski definition) is 2. The summed E-state index contributed by atoms with van der Waals surface area (Å²) in [7, 11) is 0. The number of aromatic nitrogens is 1. The number of benzene rings is 2. The molecule has 180 valence electrons. The summed E-state index contributed by atoms with van der Waals surface area (Å²) >= 11 is 1.46. The first-order valence-electron chi connectivity index (χ1n) is 11.3. The smallest absolute Gasteiger partial charge is 0.303 e. The van der Waals surface area contributed by atoms with Gasteiger partial charge >= 0.3 is 5.97 Å². The Labute approximate surface area is 207 Å². The van der Waals surface area contributed by atoms with Gasteiger partial charge in [0.1, 0.15) is 11.5 Å². The molecule has 2 aromatic carbocycles. The second kappa shape index (κ2) is 11.5. The number of carbonyl (C=O) groups excluding carboxylic acids is 1. The van der Waals surface area contributed by atoms with Crippen LogP contribution in [0.15, 0.2) is 69.8 Å². The number of oxazole rings is 1. The van der Waals surface area contributed by atoms with E-state index in [0.29, 0.717) is 36.7 Å². The molecule has 0 bridgehead atoms. The maximum atomic E-state index is 12.4. The van der Waals surface area contributed by atoms with E-state index >= 15 is 0 Å². The van der Waals surface area contributed by atoms with Crippen molar-refractivity contribution in [2.24, 2.45) is 0 Å². The Morgan fingerprint density at radius 3 is 2.69 bits per heavy atom. The Kier molecular flexibility index (Phi) is 7.95. The van der Waals surface area contributed by atoms with Crippen LogP contribution in [0.25, 0.3) is 11.5 Å². The first kappa shape index (κ1) is 24.2. The summed E-state index contributed by atoms with van der Waals surface area (Å²) in [5.41, 5.74) is 4.02. The van der Waals surface area contributed by atoms with Crippen LogP contribution in [0, 0.1) is 6.92 Å². The van der Waals surface area contributed by atoms with Crippen molar-refractivity contribution in [3.8, 4) is 17.2 Å².